The summed E-state index contributed by atoms with van der Waals surface area (Å²) in [5.41, 5.74) is 9.22. The molecule has 0 radical (unpaired) electrons. The fourth-order valence-electron chi connectivity index (χ4n) is 3.05. The standard InChI is InChI=1S/C20H22N4O4/c21-20(22)23-28-11-10-27-16-6-7-17-15(12-16)8-9-24(17)18(13-19(25)26)14-4-2-1-3-5-14/h1-9,12,18H,10-11,13H2,(H,25,26)(H4,21,22,23). The van der Waals surface area contributed by atoms with Crippen LogP contribution in [0.3, 0.4) is 0 Å². The van der Waals surface area contributed by atoms with E-state index in [0.29, 0.717) is 5.75 Å². The van der Waals surface area contributed by atoms with Crippen molar-refractivity contribution in [3.05, 3.63) is 66.4 Å². The lowest BCUT2D eigenvalue weighted by atomic mass is 10.0. The third kappa shape index (κ3) is 4.80. The van der Waals surface area contributed by atoms with E-state index in [4.69, 9.17) is 20.7 Å². The van der Waals surface area contributed by atoms with Crippen LogP contribution in [-0.4, -0.2) is 34.8 Å². The Bertz CT molecular complexity index is 955. The molecule has 0 bridgehead atoms. The van der Waals surface area contributed by atoms with Crippen LogP contribution in [0.1, 0.15) is 18.0 Å². The molecule has 2 aromatic carbocycles. The van der Waals surface area contributed by atoms with Crippen LogP contribution in [0.15, 0.2) is 60.8 Å². The van der Waals surface area contributed by atoms with Crippen LogP contribution in [0.2, 0.25) is 0 Å². The molecule has 5 N–H and O–H groups in total. The molecule has 0 fully saturated rings. The summed E-state index contributed by atoms with van der Waals surface area (Å²) < 4.78 is 7.61. The number of rotatable bonds is 9. The van der Waals surface area contributed by atoms with Gasteiger partial charge in [0.1, 0.15) is 19.0 Å². The maximum Gasteiger partial charge on any atom is 0.305 e. The van der Waals surface area contributed by atoms with E-state index in [2.05, 4.69) is 5.48 Å². The minimum atomic E-state index is -0.852. The molecule has 0 aliphatic carbocycles. The van der Waals surface area contributed by atoms with Crippen molar-refractivity contribution < 1.29 is 19.5 Å². The van der Waals surface area contributed by atoms with Gasteiger partial charge in [-0.15, -0.1) is 0 Å². The van der Waals surface area contributed by atoms with Crippen LogP contribution < -0.4 is 16.0 Å². The van der Waals surface area contributed by atoms with Crippen LogP contribution in [0.4, 0.5) is 0 Å². The predicted octanol–water partition coefficient (Wildman–Crippen LogP) is 2.50. The fourth-order valence-corrected chi connectivity index (χ4v) is 3.05. The van der Waals surface area contributed by atoms with Gasteiger partial charge in [-0.1, -0.05) is 30.3 Å². The van der Waals surface area contributed by atoms with Crippen molar-refractivity contribution in [2.24, 2.45) is 5.73 Å². The molecule has 3 aromatic rings. The number of nitrogens with zero attached hydrogens (tertiary/aromatic N) is 1. The Balaban J connectivity index is 1.77. The maximum atomic E-state index is 11.4. The highest BCUT2D eigenvalue weighted by molar-refractivity contribution is 5.82. The smallest absolute Gasteiger partial charge is 0.305 e. The summed E-state index contributed by atoms with van der Waals surface area (Å²) in [7, 11) is 0. The maximum absolute atomic E-state index is 11.4. The number of carboxylic acid groups (broad SMARTS) is 1. The van der Waals surface area contributed by atoms with E-state index >= 15 is 0 Å². The van der Waals surface area contributed by atoms with Gasteiger partial charge in [0.25, 0.3) is 0 Å². The largest absolute Gasteiger partial charge is 0.491 e. The second kappa shape index (κ2) is 8.92. The minimum Gasteiger partial charge on any atom is -0.491 e. The second-order valence-corrected chi connectivity index (χ2v) is 6.18. The summed E-state index contributed by atoms with van der Waals surface area (Å²) in [6, 6.07) is 16.9. The molecule has 0 aliphatic heterocycles. The number of ether oxygens (including phenoxy) is 1. The Morgan fingerprint density at radius 2 is 1.96 bits per heavy atom. The third-order valence-corrected chi connectivity index (χ3v) is 4.22. The number of benzene rings is 2. The van der Waals surface area contributed by atoms with Gasteiger partial charge >= 0.3 is 5.97 Å². The van der Waals surface area contributed by atoms with Gasteiger partial charge in [-0.25, -0.2) is 5.48 Å². The van der Waals surface area contributed by atoms with Gasteiger partial charge in [-0.2, -0.15) is 0 Å². The van der Waals surface area contributed by atoms with Crippen molar-refractivity contribution in [2.45, 2.75) is 12.5 Å². The van der Waals surface area contributed by atoms with E-state index in [9.17, 15) is 9.90 Å². The van der Waals surface area contributed by atoms with Gasteiger partial charge in [0.15, 0.2) is 0 Å². The van der Waals surface area contributed by atoms with Crippen LogP contribution in [0.5, 0.6) is 5.75 Å². The van der Waals surface area contributed by atoms with E-state index < -0.39 is 5.97 Å². The first-order valence-corrected chi connectivity index (χ1v) is 8.76. The van der Waals surface area contributed by atoms with Crippen molar-refractivity contribution in [2.75, 3.05) is 13.2 Å². The Morgan fingerprint density at radius 3 is 2.68 bits per heavy atom. The average molecular weight is 382 g/mol. The number of hydrogen-bond acceptors (Lipinski definition) is 4. The lowest BCUT2D eigenvalue weighted by molar-refractivity contribution is -0.137. The lowest BCUT2D eigenvalue weighted by Crippen LogP contribution is -2.31. The molecular weight excluding hydrogens is 360 g/mol. The zero-order valence-electron chi connectivity index (χ0n) is 15.2. The van der Waals surface area contributed by atoms with Crippen molar-refractivity contribution in [3.8, 4) is 5.75 Å². The van der Waals surface area contributed by atoms with Gasteiger partial charge in [0.05, 0.1) is 12.5 Å². The van der Waals surface area contributed by atoms with Gasteiger partial charge < -0.3 is 20.1 Å². The van der Waals surface area contributed by atoms with Crippen LogP contribution in [0.25, 0.3) is 10.9 Å². The first kappa shape index (κ1) is 19.2. The summed E-state index contributed by atoms with van der Waals surface area (Å²) in [4.78, 5) is 16.4. The van der Waals surface area contributed by atoms with E-state index in [1.807, 2.05) is 65.4 Å². The predicted molar refractivity (Wildman–Crippen MR) is 105 cm³/mol. The van der Waals surface area contributed by atoms with Gasteiger partial charge in [0.2, 0.25) is 5.96 Å². The fraction of sp³-hybridized carbons (Fsp3) is 0.200. The summed E-state index contributed by atoms with van der Waals surface area (Å²) in [5.74, 6) is -0.446. The minimum absolute atomic E-state index is 0.00741. The molecule has 0 spiro atoms. The molecule has 1 unspecified atom stereocenters. The number of aliphatic carboxylic acids is 1. The van der Waals surface area contributed by atoms with Crippen molar-refractivity contribution in [3.63, 3.8) is 0 Å². The number of aromatic nitrogens is 1. The van der Waals surface area contributed by atoms with Gasteiger partial charge in [0, 0.05) is 17.1 Å². The topological polar surface area (TPSA) is 123 Å². The quantitative estimate of drug-likeness (QED) is 0.195. The van der Waals surface area contributed by atoms with E-state index in [-0.39, 0.29) is 31.6 Å². The van der Waals surface area contributed by atoms with Crippen LogP contribution in [-0.2, 0) is 9.63 Å². The highest BCUT2D eigenvalue weighted by Gasteiger charge is 2.19. The molecule has 8 nitrogen and oxygen atoms in total. The molecule has 1 aromatic heterocycles. The van der Waals surface area contributed by atoms with Crippen LogP contribution in [0, 0.1) is 5.41 Å². The highest BCUT2D eigenvalue weighted by atomic mass is 16.7. The lowest BCUT2D eigenvalue weighted by Gasteiger charge is -2.19. The third-order valence-electron chi connectivity index (χ3n) is 4.22. The average Bonchev–Trinajstić information content (AvgIpc) is 3.09. The zero-order valence-corrected chi connectivity index (χ0v) is 15.2. The highest BCUT2D eigenvalue weighted by Crippen LogP contribution is 2.29. The SMILES string of the molecule is N=C(N)NOCCOc1ccc2c(ccn2C(CC(=O)O)c2ccccc2)c1. The Hall–Kier alpha value is -3.52. The van der Waals surface area contributed by atoms with Crippen molar-refractivity contribution in [1.29, 1.82) is 5.41 Å². The first-order valence-electron chi connectivity index (χ1n) is 8.76. The molecule has 8 heteroatoms. The Labute approximate surface area is 161 Å². The molecular formula is C20H22N4O4. The molecule has 1 heterocycles. The van der Waals surface area contributed by atoms with Gasteiger partial charge in [-0.3, -0.25) is 15.0 Å². The molecule has 146 valence electrons. The monoisotopic (exact) mass is 382 g/mol. The Morgan fingerprint density at radius 1 is 1.18 bits per heavy atom. The first-order chi connectivity index (χ1) is 13.5. The molecule has 0 amide bonds. The summed E-state index contributed by atoms with van der Waals surface area (Å²) in [6.07, 6.45) is 1.89. The van der Waals surface area contributed by atoms with E-state index in [1.54, 1.807) is 0 Å². The van der Waals surface area contributed by atoms with Crippen molar-refractivity contribution in [1.82, 2.24) is 10.0 Å². The molecule has 28 heavy (non-hydrogen) atoms. The van der Waals surface area contributed by atoms with Crippen molar-refractivity contribution >= 4 is 22.8 Å². The number of hydrogen-bond donors (Lipinski definition) is 4. The zero-order chi connectivity index (χ0) is 19.9. The van der Waals surface area contributed by atoms with Crippen LogP contribution >= 0.6 is 0 Å². The number of carboxylic acids is 1. The van der Waals surface area contributed by atoms with E-state index in [0.717, 1.165) is 16.5 Å². The molecule has 3 rings (SSSR count). The van der Waals surface area contributed by atoms with E-state index in [1.165, 1.54) is 0 Å². The number of hydroxylamine groups is 1. The molecule has 0 saturated heterocycles. The number of guanidine groups is 1. The normalized spacial score (nSPS) is 11.9. The summed E-state index contributed by atoms with van der Waals surface area (Å²) >= 11 is 0. The number of fused-ring (bicyclic) bond motifs is 1. The second-order valence-electron chi connectivity index (χ2n) is 6.18. The number of nitrogens with one attached hydrogen (secondary N) is 2. The molecule has 0 saturated carbocycles. The number of carbonyl (C=O) groups is 1. The van der Waals surface area contributed by atoms with Gasteiger partial charge in [-0.05, 0) is 29.8 Å². The summed E-state index contributed by atoms with van der Waals surface area (Å²) in [5, 5.41) is 17.3. The summed E-state index contributed by atoms with van der Waals surface area (Å²) in [6.45, 7) is 0.519. The molecule has 1 atom stereocenters. The Kier molecular flexibility index (Phi) is 6.13. The number of nitrogens with two attached hydrogens (primary N) is 1. The molecule has 0 aliphatic rings.